The molecule has 0 fully saturated rings. The minimum Gasteiger partial charge on any atom is -0.495 e. The molecule has 0 aliphatic carbocycles. The highest BCUT2D eigenvalue weighted by atomic mass is 35.5. The molecule has 7 nitrogen and oxygen atoms in total. The molecule has 144 valence electrons. The smallest absolute Gasteiger partial charge is 0.313 e. The van der Waals surface area contributed by atoms with Gasteiger partial charge in [-0.1, -0.05) is 17.7 Å². The van der Waals surface area contributed by atoms with Crippen LogP contribution in [-0.2, 0) is 16.0 Å². The lowest BCUT2D eigenvalue weighted by atomic mass is 10.1. The summed E-state index contributed by atoms with van der Waals surface area (Å²) in [7, 11) is 4.57. The maximum atomic E-state index is 12.1. The van der Waals surface area contributed by atoms with Crippen LogP contribution in [0, 0.1) is 0 Å². The molecule has 0 bridgehead atoms. The molecule has 2 N–H and O–H groups in total. The minimum absolute atomic E-state index is 0.286. The molecule has 0 aromatic heterocycles. The van der Waals surface area contributed by atoms with Crippen molar-refractivity contribution in [3.8, 4) is 17.2 Å². The van der Waals surface area contributed by atoms with Crippen molar-refractivity contribution in [1.82, 2.24) is 5.32 Å². The van der Waals surface area contributed by atoms with E-state index in [1.165, 1.54) is 13.2 Å². The van der Waals surface area contributed by atoms with Gasteiger partial charge in [-0.15, -0.1) is 0 Å². The predicted octanol–water partition coefficient (Wildman–Crippen LogP) is 2.66. The molecule has 27 heavy (non-hydrogen) atoms. The average Bonchev–Trinajstić information content (AvgIpc) is 2.67. The number of hydrogen-bond acceptors (Lipinski definition) is 5. The Morgan fingerprint density at radius 1 is 0.889 bits per heavy atom. The summed E-state index contributed by atoms with van der Waals surface area (Å²) in [6.45, 7) is 0.286. The number of methoxy groups -OCH3 is 3. The average molecular weight is 393 g/mol. The van der Waals surface area contributed by atoms with Gasteiger partial charge in [-0.2, -0.15) is 0 Å². The Balaban J connectivity index is 1.90. The van der Waals surface area contributed by atoms with Crippen molar-refractivity contribution in [2.45, 2.75) is 6.42 Å². The molecular weight excluding hydrogens is 372 g/mol. The molecule has 2 aromatic rings. The Hall–Kier alpha value is -2.93. The van der Waals surface area contributed by atoms with Gasteiger partial charge >= 0.3 is 11.8 Å². The third kappa shape index (κ3) is 5.52. The van der Waals surface area contributed by atoms with E-state index in [2.05, 4.69) is 10.6 Å². The van der Waals surface area contributed by atoms with E-state index < -0.39 is 11.8 Å². The van der Waals surface area contributed by atoms with Gasteiger partial charge in [0.15, 0.2) is 11.5 Å². The summed E-state index contributed by atoms with van der Waals surface area (Å²) in [4.78, 5) is 24.1. The quantitative estimate of drug-likeness (QED) is 0.707. The third-order valence-corrected chi connectivity index (χ3v) is 4.00. The van der Waals surface area contributed by atoms with E-state index in [1.807, 2.05) is 12.1 Å². The van der Waals surface area contributed by atoms with Gasteiger partial charge in [0.05, 0.1) is 27.0 Å². The highest BCUT2D eigenvalue weighted by Gasteiger charge is 2.16. The number of hydrogen-bond donors (Lipinski definition) is 2. The maximum absolute atomic E-state index is 12.1. The first-order valence-corrected chi connectivity index (χ1v) is 8.50. The molecular formula is C19H21ClN2O5. The summed E-state index contributed by atoms with van der Waals surface area (Å²) in [6, 6.07) is 10.2. The van der Waals surface area contributed by atoms with Crippen molar-refractivity contribution >= 4 is 29.1 Å². The number of amides is 2. The maximum Gasteiger partial charge on any atom is 0.313 e. The molecule has 0 atom stereocenters. The molecule has 0 heterocycles. The van der Waals surface area contributed by atoms with E-state index in [-0.39, 0.29) is 6.54 Å². The van der Waals surface area contributed by atoms with Gasteiger partial charge in [-0.3, -0.25) is 9.59 Å². The summed E-state index contributed by atoms with van der Waals surface area (Å²) in [6.07, 6.45) is 0.528. The van der Waals surface area contributed by atoms with E-state index in [9.17, 15) is 9.59 Å². The second-order valence-corrected chi connectivity index (χ2v) is 5.93. The minimum atomic E-state index is -0.803. The highest BCUT2D eigenvalue weighted by molar-refractivity contribution is 6.40. The second-order valence-electron chi connectivity index (χ2n) is 5.49. The molecule has 0 aliphatic heterocycles. The van der Waals surface area contributed by atoms with Crippen molar-refractivity contribution < 1.29 is 23.8 Å². The lowest BCUT2D eigenvalue weighted by Crippen LogP contribution is -2.36. The summed E-state index contributed by atoms with van der Waals surface area (Å²) in [5, 5.41) is 5.48. The van der Waals surface area contributed by atoms with Crippen LogP contribution in [0.3, 0.4) is 0 Å². The van der Waals surface area contributed by atoms with Crippen LogP contribution in [0.5, 0.6) is 17.2 Å². The Kier molecular flexibility index (Phi) is 7.31. The fourth-order valence-corrected chi connectivity index (χ4v) is 2.57. The van der Waals surface area contributed by atoms with Gasteiger partial charge in [0.25, 0.3) is 0 Å². The summed E-state index contributed by atoms with van der Waals surface area (Å²) < 4.78 is 15.6. The number of carbonyl (C=O) groups excluding carboxylic acids is 2. The lowest BCUT2D eigenvalue weighted by molar-refractivity contribution is -0.136. The first-order valence-electron chi connectivity index (χ1n) is 8.12. The topological polar surface area (TPSA) is 85.9 Å². The van der Waals surface area contributed by atoms with E-state index >= 15 is 0 Å². The highest BCUT2D eigenvalue weighted by Crippen LogP contribution is 2.28. The number of halogens is 1. The van der Waals surface area contributed by atoms with Crippen LogP contribution in [0.2, 0.25) is 5.02 Å². The van der Waals surface area contributed by atoms with E-state index in [0.717, 1.165) is 5.56 Å². The van der Waals surface area contributed by atoms with Crippen LogP contribution in [0.4, 0.5) is 5.69 Å². The van der Waals surface area contributed by atoms with Crippen LogP contribution in [-0.4, -0.2) is 39.7 Å². The second kappa shape index (κ2) is 9.68. The predicted molar refractivity (Wildman–Crippen MR) is 103 cm³/mol. The van der Waals surface area contributed by atoms with Crippen LogP contribution < -0.4 is 24.8 Å². The molecule has 0 unspecified atom stereocenters. The molecule has 0 aliphatic rings. The molecule has 0 spiro atoms. The van der Waals surface area contributed by atoms with E-state index in [4.69, 9.17) is 25.8 Å². The molecule has 2 amide bonds. The number of ether oxygens (including phenoxy) is 3. The van der Waals surface area contributed by atoms with E-state index in [1.54, 1.807) is 32.4 Å². The summed E-state index contributed by atoms with van der Waals surface area (Å²) in [5.74, 6) is 0.0820. The standard InChI is InChI=1S/C19H21ClN2O5/c1-25-15-7-5-13(20)11-14(15)22-19(24)18(23)21-9-8-12-4-6-16(26-2)17(10-12)27-3/h4-7,10-11H,8-9H2,1-3H3,(H,21,23)(H,22,24). The molecule has 2 aromatic carbocycles. The molecule has 0 radical (unpaired) electrons. The monoisotopic (exact) mass is 392 g/mol. The molecule has 0 saturated heterocycles. The van der Waals surface area contributed by atoms with Crippen LogP contribution in [0.25, 0.3) is 0 Å². The van der Waals surface area contributed by atoms with Gasteiger partial charge in [0, 0.05) is 11.6 Å². The largest absolute Gasteiger partial charge is 0.495 e. The van der Waals surface area contributed by atoms with E-state index in [0.29, 0.717) is 34.4 Å². The Morgan fingerprint density at radius 2 is 1.56 bits per heavy atom. The van der Waals surface area contributed by atoms with Gasteiger partial charge in [0.1, 0.15) is 5.75 Å². The zero-order chi connectivity index (χ0) is 19.8. The Morgan fingerprint density at radius 3 is 2.22 bits per heavy atom. The van der Waals surface area contributed by atoms with Gasteiger partial charge in [0.2, 0.25) is 0 Å². The number of anilines is 1. The fraction of sp³-hybridized carbons (Fsp3) is 0.263. The van der Waals surface area contributed by atoms with Crippen molar-refractivity contribution in [3.05, 3.63) is 47.0 Å². The number of rotatable bonds is 7. The van der Waals surface area contributed by atoms with Crippen molar-refractivity contribution in [2.75, 3.05) is 33.2 Å². The van der Waals surface area contributed by atoms with Gasteiger partial charge in [-0.25, -0.2) is 0 Å². The number of benzene rings is 2. The zero-order valence-corrected chi connectivity index (χ0v) is 16.1. The SMILES string of the molecule is COc1ccc(Cl)cc1NC(=O)C(=O)NCCc1ccc(OC)c(OC)c1. The summed E-state index contributed by atoms with van der Waals surface area (Å²) >= 11 is 5.91. The first kappa shape index (κ1) is 20.4. The fourth-order valence-electron chi connectivity index (χ4n) is 2.39. The van der Waals surface area contributed by atoms with Crippen LogP contribution in [0.15, 0.2) is 36.4 Å². The van der Waals surface area contributed by atoms with Crippen molar-refractivity contribution in [3.63, 3.8) is 0 Å². The Labute approximate surface area is 162 Å². The molecule has 8 heteroatoms. The normalized spacial score (nSPS) is 10.1. The van der Waals surface area contributed by atoms with Gasteiger partial charge in [-0.05, 0) is 42.3 Å². The van der Waals surface area contributed by atoms with Crippen molar-refractivity contribution in [2.24, 2.45) is 0 Å². The Bertz CT molecular complexity index is 826. The lowest BCUT2D eigenvalue weighted by Gasteiger charge is -2.11. The zero-order valence-electron chi connectivity index (χ0n) is 15.3. The first-order chi connectivity index (χ1) is 13.0. The van der Waals surface area contributed by atoms with Gasteiger partial charge < -0.3 is 24.8 Å². The third-order valence-electron chi connectivity index (χ3n) is 3.76. The molecule has 0 saturated carbocycles. The van der Waals surface area contributed by atoms with Crippen LogP contribution >= 0.6 is 11.6 Å². The number of nitrogens with one attached hydrogen (secondary N) is 2. The summed E-state index contributed by atoms with van der Waals surface area (Å²) in [5.41, 5.74) is 1.26. The van der Waals surface area contributed by atoms with Crippen molar-refractivity contribution in [1.29, 1.82) is 0 Å². The molecule has 2 rings (SSSR count). The number of carbonyl (C=O) groups is 2. The van der Waals surface area contributed by atoms with Crippen LogP contribution in [0.1, 0.15) is 5.56 Å².